The maximum atomic E-state index is 6.65. The van der Waals surface area contributed by atoms with Gasteiger partial charge in [0, 0.05) is 32.5 Å². The number of rotatable bonds is 1. The molecule has 4 aromatic carbocycles. The van der Waals surface area contributed by atoms with Crippen LogP contribution in [-0.4, -0.2) is 6.92 Å². The van der Waals surface area contributed by atoms with E-state index in [4.69, 9.17) is 4.65 Å². The molecule has 0 fully saturated rings. The number of hydrogen-bond donors (Lipinski definition) is 0. The Morgan fingerprint density at radius 3 is 2.50 bits per heavy atom. The largest absolute Gasteiger partial charge is 0.551 e. The molecule has 0 aliphatic carbocycles. The highest BCUT2D eigenvalue weighted by atomic mass is 32.1. The molecular formula is C26H16BNOS. The fourth-order valence-electron chi connectivity index (χ4n) is 4.91. The van der Waals surface area contributed by atoms with Crippen LogP contribution >= 0.6 is 11.3 Å². The number of para-hydroxylation sites is 3. The summed E-state index contributed by atoms with van der Waals surface area (Å²) in [4.78, 5) is 2.41. The smallest absolute Gasteiger partial charge is 0.431 e. The highest BCUT2D eigenvalue weighted by Gasteiger charge is 2.43. The Morgan fingerprint density at radius 2 is 1.57 bits per heavy atom. The number of thiophene rings is 1. The summed E-state index contributed by atoms with van der Waals surface area (Å²) in [5.74, 6) is 0.958. The Labute approximate surface area is 179 Å². The Hall–Kier alpha value is -3.50. The first-order valence-corrected chi connectivity index (χ1v) is 11.0. The molecule has 0 unspecified atom stereocenters. The summed E-state index contributed by atoms with van der Waals surface area (Å²) >= 11 is 1.80. The van der Waals surface area contributed by atoms with E-state index in [1.165, 1.54) is 49.2 Å². The van der Waals surface area contributed by atoms with Crippen molar-refractivity contribution in [2.75, 3.05) is 4.90 Å². The summed E-state index contributed by atoms with van der Waals surface area (Å²) in [6.07, 6.45) is 0. The molecule has 1 aromatic heterocycles. The summed E-state index contributed by atoms with van der Waals surface area (Å²) in [6.45, 7) is -0.106. The fourth-order valence-corrected chi connectivity index (χ4v) is 5.74. The first kappa shape index (κ1) is 16.3. The van der Waals surface area contributed by atoms with E-state index in [1.807, 2.05) is 0 Å². The van der Waals surface area contributed by atoms with Gasteiger partial charge in [0.15, 0.2) is 0 Å². The minimum Gasteiger partial charge on any atom is -0.551 e. The van der Waals surface area contributed by atoms with Crippen LogP contribution in [0.4, 0.5) is 17.1 Å². The molecule has 5 aromatic rings. The van der Waals surface area contributed by atoms with Crippen LogP contribution in [0.25, 0.3) is 21.2 Å². The van der Waals surface area contributed by atoms with E-state index in [-0.39, 0.29) is 6.92 Å². The van der Waals surface area contributed by atoms with Gasteiger partial charge in [-0.05, 0) is 52.8 Å². The Morgan fingerprint density at radius 1 is 0.767 bits per heavy atom. The molecule has 0 saturated carbocycles. The standard InChI is InChI=1S/C26H16BNOS/c1-2-8-17(9-3-1)28-22-12-6-5-11-21(22)27-25-20(18-10-4-7-13-23(18)29-27)16-24-19(26(25)28)14-15-30-24/h1-16H. The summed E-state index contributed by atoms with van der Waals surface area (Å²) in [5, 5.41) is 3.48. The zero-order valence-electron chi connectivity index (χ0n) is 16.1. The minimum absolute atomic E-state index is 0.106. The van der Waals surface area contributed by atoms with E-state index < -0.39 is 0 Å². The molecule has 0 bridgehead atoms. The van der Waals surface area contributed by atoms with E-state index in [0.717, 1.165) is 5.75 Å². The van der Waals surface area contributed by atoms with Crippen LogP contribution in [0.2, 0.25) is 0 Å². The molecule has 2 aliphatic rings. The topological polar surface area (TPSA) is 12.5 Å². The molecule has 30 heavy (non-hydrogen) atoms. The Kier molecular flexibility index (Phi) is 3.27. The zero-order chi connectivity index (χ0) is 19.7. The van der Waals surface area contributed by atoms with Gasteiger partial charge in [0.25, 0.3) is 0 Å². The van der Waals surface area contributed by atoms with E-state index >= 15 is 0 Å². The van der Waals surface area contributed by atoms with Gasteiger partial charge >= 0.3 is 6.92 Å². The molecule has 0 saturated heterocycles. The summed E-state index contributed by atoms with van der Waals surface area (Å²) in [6, 6.07) is 32.3. The van der Waals surface area contributed by atoms with Crippen molar-refractivity contribution in [3.63, 3.8) is 0 Å². The average molecular weight is 401 g/mol. The molecule has 0 N–H and O–H groups in total. The van der Waals surface area contributed by atoms with Crippen molar-refractivity contribution in [1.82, 2.24) is 0 Å². The van der Waals surface area contributed by atoms with Gasteiger partial charge in [0.1, 0.15) is 5.75 Å². The van der Waals surface area contributed by atoms with Crippen LogP contribution < -0.4 is 20.5 Å². The van der Waals surface area contributed by atoms with Gasteiger partial charge in [-0.1, -0.05) is 54.6 Å². The van der Waals surface area contributed by atoms with Crippen molar-refractivity contribution in [2.45, 2.75) is 0 Å². The predicted molar refractivity (Wildman–Crippen MR) is 128 cm³/mol. The lowest BCUT2D eigenvalue weighted by atomic mass is 9.49. The third-order valence-corrected chi connectivity index (χ3v) is 7.02. The summed E-state index contributed by atoms with van der Waals surface area (Å²) in [7, 11) is 0. The van der Waals surface area contributed by atoms with Gasteiger partial charge < -0.3 is 9.55 Å². The third-order valence-electron chi connectivity index (χ3n) is 6.15. The van der Waals surface area contributed by atoms with Crippen molar-refractivity contribution in [3.8, 4) is 16.9 Å². The van der Waals surface area contributed by atoms with E-state index in [1.54, 1.807) is 11.3 Å². The lowest BCUT2D eigenvalue weighted by Gasteiger charge is -2.40. The lowest BCUT2D eigenvalue weighted by Crippen LogP contribution is -2.56. The molecule has 0 radical (unpaired) electrons. The molecule has 3 heterocycles. The molecule has 2 aliphatic heterocycles. The van der Waals surface area contributed by atoms with Crippen LogP contribution in [0, 0.1) is 0 Å². The first-order chi connectivity index (χ1) is 14.9. The van der Waals surface area contributed by atoms with Crippen LogP contribution in [0.5, 0.6) is 5.75 Å². The normalized spacial score (nSPS) is 13.5. The lowest BCUT2D eigenvalue weighted by molar-refractivity contribution is 0.590. The number of anilines is 3. The van der Waals surface area contributed by atoms with Gasteiger partial charge in [0.2, 0.25) is 0 Å². The second kappa shape index (κ2) is 6.00. The summed E-state index contributed by atoms with van der Waals surface area (Å²) in [5.41, 5.74) is 8.53. The second-order valence-corrected chi connectivity index (χ2v) is 8.69. The Bertz CT molecular complexity index is 1440. The SMILES string of the molecule is c1ccc(N2c3ccccc3B3Oc4ccccc4-c4cc5sccc5c2c43)cc1. The van der Waals surface area contributed by atoms with Crippen molar-refractivity contribution in [1.29, 1.82) is 0 Å². The predicted octanol–water partition coefficient (Wildman–Crippen LogP) is 5.85. The second-order valence-electron chi connectivity index (χ2n) is 7.74. The van der Waals surface area contributed by atoms with Crippen LogP contribution in [0.15, 0.2) is 96.4 Å². The molecule has 0 spiro atoms. The van der Waals surface area contributed by atoms with Crippen LogP contribution in [0.1, 0.15) is 0 Å². The van der Waals surface area contributed by atoms with Crippen molar-refractivity contribution in [2.24, 2.45) is 0 Å². The number of benzene rings is 4. The van der Waals surface area contributed by atoms with Gasteiger partial charge in [-0.2, -0.15) is 0 Å². The van der Waals surface area contributed by atoms with Gasteiger partial charge in [-0.25, -0.2) is 0 Å². The van der Waals surface area contributed by atoms with Crippen molar-refractivity contribution in [3.05, 3.63) is 96.4 Å². The number of nitrogens with zero attached hydrogens (tertiary/aromatic N) is 1. The van der Waals surface area contributed by atoms with Gasteiger partial charge in [0.05, 0.1) is 5.69 Å². The maximum Gasteiger partial charge on any atom is 0.431 e. The highest BCUT2D eigenvalue weighted by molar-refractivity contribution is 7.17. The van der Waals surface area contributed by atoms with E-state index in [9.17, 15) is 0 Å². The molecule has 2 nitrogen and oxygen atoms in total. The van der Waals surface area contributed by atoms with Crippen molar-refractivity contribution >= 4 is 56.3 Å². The van der Waals surface area contributed by atoms with Crippen LogP contribution in [-0.2, 0) is 0 Å². The van der Waals surface area contributed by atoms with E-state index in [0.29, 0.717) is 0 Å². The number of fused-ring (bicyclic) bond motifs is 6. The average Bonchev–Trinajstić information content (AvgIpc) is 3.28. The third kappa shape index (κ3) is 2.09. The number of hydrogen-bond acceptors (Lipinski definition) is 3. The van der Waals surface area contributed by atoms with E-state index in [2.05, 4.69) is 101 Å². The Balaban J connectivity index is 1.66. The molecule has 7 rings (SSSR count). The molecule has 4 heteroatoms. The first-order valence-electron chi connectivity index (χ1n) is 10.1. The quantitative estimate of drug-likeness (QED) is 0.327. The molecular weight excluding hydrogens is 385 g/mol. The van der Waals surface area contributed by atoms with Gasteiger partial charge in [-0.3, -0.25) is 0 Å². The molecule has 0 amide bonds. The maximum absolute atomic E-state index is 6.65. The van der Waals surface area contributed by atoms with Crippen LogP contribution in [0.3, 0.4) is 0 Å². The van der Waals surface area contributed by atoms with Gasteiger partial charge in [-0.15, -0.1) is 11.3 Å². The highest BCUT2D eigenvalue weighted by Crippen LogP contribution is 2.46. The minimum atomic E-state index is -0.106. The monoisotopic (exact) mass is 401 g/mol. The molecule has 0 atom stereocenters. The molecule has 140 valence electrons. The summed E-state index contributed by atoms with van der Waals surface area (Å²) < 4.78 is 7.96. The van der Waals surface area contributed by atoms with Crippen molar-refractivity contribution < 1.29 is 4.65 Å². The zero-order valence-corrected chi connectivity index (χ0v) is 16.9. The fraction of sp³-hybridized carbons (Fsp3) is 0.